The Kier molecular flexibility index (Phi) is 6.30. The van der Waals surface area contributed by atoms with E-state index in [4.69, 9.17) is 24.9 Å². The standard InChI is InChI=1S/C23H28N4O3/c1-28-20-12-18-19(13-21(20)29-2)25-22(26-23(18)24)14-27-10-8-17(9-11-27)30-15-16-6-4-3-5-7-16/h3-7,12-13,17H,8-11,14-15H2,1-2H3,(H2,24,25,26). The van der Waals surface area contributed by atoms with Crippen molar-refractivity contribution in [3.05, 3.63) is 53.9 Å². The van der Waals surface area contributed by atoms with Crippen LogP contribution >= 0.6 is 0 Å². The number of hydrogen-bond donors (Lipinski definition) is 1. The molecule has 0 atom stereocenters. The van der Waals surface area contributed by atoms with Gasteiger partial charge in [0.1, 0.15) is 11.6 Å². The van der Waals surface area contributed by atoms with Gasteiger partial charge in [-0.05, 0) is 24.5 Å². The van der Waals surface area contributed by atoms with Crippen LogP contribution in [0.15, 0.2) is 42.5 Å². The summed E-state index contributed by atoms with van der Waals surface area (Å²) in [5.74, 6) is 2.42. The predicted molar refractivity (Wildman–Crippen MR) is 117 cm³/mol. The third-order valence-electron chi connectivity index (χ3n) is 5.51. The van der Waals surface area contributed by atoms with Crippen molar-refractivity contribution in [2.24, 2.45) is 0 Å². The first-order valence-electron chi connectivity index (χ1n) is 10.2. The number of likely N-dealkylation sites (tertiary alicyclic amines) is 1. The van der Waals surface area contributed by atoms with Crippen LogP contribution in [0.25, 0.3) is 10.9 Å². The van der Waals surface area contributed by atoms with Gasteiger partial charge >= 0.3 is 0 Å². The summed E-state index contributed by atoms with van der Waals surface area (Å²) in [6.07, 6.45) is 2.29. The zero-order valence-corrected chi connectivity index (χ0v) is 17.5. The monoisotopic (exact) mass is 408 g/mol. The van der Waals surface area contributed by atoms with Gasteiger partial charge in [-0.15, -0.1) is 0 Å². The second-order valence-electron chi connectivity index (χ2n) is 7.52. The summed E-state index contributed by atoms with van der Waals surface area (Å²) in [5.41, 5.74) is 8.18. The average Bonchev–Trinajstić information content (AvgIpc) is 2.78. The average molecular weight is 409 g/mol. The Morgan fingerprint density at radius 2 is 1.70 bits per heavy atom. The number of nitrogens with two attached hydrogens (primary N) is 1. The van der Waals surface area contributed by atoms with E-state index in [9.17, 15) is 0 Å². The van der Waals surface area contributed by atoms with Crippen LogP contribution in [-0.4, -0.2) is 48.3 Å². The number of rotatable bonds is 7. The van der Waals surface area contributed by atoms with Crippen molar-refractivity contribution in [3.8, 4) is 11.5 Å². The minimum atomic E-state index is 0.292. The number of anilines is 1. The fourth-order valence-corrected chi connectivity index (χ4v) is 3.82. The van der Waals surface area contributed by atoms with Gasteiger partial charge in [0.05, 0.1) is 39.0 Å². The summed E-state index contributed by atoms with van der Waals surface area (Å²) in [6.45, 7) is 3.24. The van der Waals surface area contributed by atoms with Gasteiger partial charge in [0.25, 0.3) is 0 Å². The summed E-state index contributed by atoms with van der Waals surface area (Å²) in [4.78, 5) is 11.6. The molecule has 158 valence electrons. The molecule has 30 heavy (non-hydrogen) atoms. The van der Waals surface area contributed by atoms with Gasteiger partial charge in [-0.1, -0.05) is 30.3 Å². The number of nitrogens with zero attached hydrogens (tertiary/aromatic N) is 3. The molecule has 0 radical (unpaired) electrons. The normalized spacial score (nSPS) is 15.4. The number of benzene rings is 2. The Morgan fingerprint density at radius 1 is 1.00 bits per heavy atom. The highest BCUT2D eigenvalue weighted by atomic mass is 16.5. The maximum atomic E-state index is 6.21. The lowest BCUT2D eigenvalue weighted by atomic mass is 10.1. The molecule has 2 aromatic carbocycles. The fraction of sp³-hybridized carbons (Fsp3) is 0.391. The SMILES string of the molecule is COc1cc2nc(CN3CCC(OCc4ccccc4)CC3)nc(N)c2cc1OC. The molecule has 0 saturated carbocycles. The van der Waals surface area contributed by atoms with Gasteiger partial charge < -0.3 is 19.9 Å². The summed E-state index contributed by atoms with van der Waals surface area (Å²) in [5, 5.41) is 0.768. The Hall–Kier alpha value is -2.90. The molecule has 3 aromatic rings. The molecule has 0 amide bonds. The number of fused-ring (bicyclic) bond motifs is 1. The molecule has 4 rings (SSSR count). The quantitative estimate of drug-likeness (QED) is 0.641. The Morgan fingerprint density at radius 3 is 2.40 bits per heavy atom. The van der Waals surface area contributed by atoms with Crippen LogP contribution in [0.1, 0.15) is 24.2 Å². The molecular weight excluding hydrogens is 380 g/mol. The van der Waals surface area contributed by atoms with Crippen molar-refractivity contribution < 1.29 is 14.2 Å². The molecule has 1 aliphatic rings. The number of piperidine rings is 1. The second kappa shape index (κ2) is 9.28. The zero-order valence-electron chi connectivity index (χ0n) is 17.5. The minimum Gasteiger partial charge on any atom is -0.493 e. The number of nitrogen functional groups attached to an aromatic ring is 1. The summed E-state index contributed by atoms with van der Waals surface area (Å²) in [6, 6.07) is 14.0. The van der Waals surface area contributed by atoms with Crippen LogP contribution < -0.4 is 15.2 Å². The topological polar surface area (TPSA) is 82.7 Å². The number of methoxy groups -OCH3 is 2. The van der Waals surface area contributed by atoms with Crippen LogP contribution in [0.3, 0.4) is 0 Å². The molecule has 2 N–H and O–H groups in total. The Bertz CT molecular complexity index is 989. The van der Waals surface area contributed by atoms with E-state index in [2.05, 4.69) is 22.0 Å². The van der Waals surface area contributed by atoms with Gasteiger partial charge in [0.15, 0.2) is 11.5 Å². The van der Waals surface area contributed by atoms with Crippen molar-refractivity contribution in [1.29, 1.82) is 0 Å². The molecule has 7 heteroatoms. The largest absolute Gasteiger partial charge is 0.493 e. The van der Waals surface area contributed by atoms with Crippen LogP contribution in [0.2, 0.25) is 0 Å². The van der Waals surface area contributed by atoms with E-state index in [1.807, 2.05) is 30.3 Å². The van der Waals surface area contributed by atoms with E-state index >= 15 is 0 Å². The van der Waals surface area contributed by atoms with Gasteiger partial charge in [0.2, 0.25) is 0 Å². The van der Waals surface area contributed by atoms with E-state index in [1.165, 1.54) is 5.56 Å². The lowest BCUT2D eigenvalue weighted by molar-refractivity contribution is -0.00434. The maximum Gasteiger partial charge on any atom is 0.162 e. The first kappa shape index (κ1) is 20.4. The van der Waals surface area contributed by atoms with Crippen molar-refractivity contribution in [2.45, 2.75) is 32.1 Å². The number of ether oxygens (including phenoxy) is 3. The van der Waals surface area contributed by atoms with E-state index in [-0.39, 0.29) is 0 Å². The molecule has 1 aliphatic heterocycles. The molecule has 1 saturated heterocycles. The van der Waals surface area contributed by atoms with Gasteiger partial charge in [-0.2, -0.15) is 0 Å². The van der Waals surface area contributed by atoms with E-state index in [1.54, 1.807) is 14.2 Å². The summed E-state index contributed by atoms with van der Waals surface area (Å²) >= 11 is 0. The van der Waals surface area contributed by atoms with E-state index in [0.29, 0.717) is 36.6 Å². The summed E-state index contributed by atoms with van der Waals surface area (Å²) in [7, 11) is 3.21. The van der Waals surface area contributed by atoms with Crippen LogP contribution in [0.4, 0.5) is 5.82 Å². The smallest absolute Gasteiger partial charge is 0.162 e. The molecule has 7 nitrogen and oxygen atoms in total. The first-order valence-corrected chi connectivity index (χ1v) is 10.2. The highest BCUT2D eigenvalue weighted by molar-refractivity contribution is 5.90. The van der Waals surface area contributed by atoms with Gasteiger partial charge in [-0.3, -0.25) is 4.90 Å². The van der Waals surface area contributed by atoms with E-state index in [0.717, 1.165) is 42.7 Å². The molecule has 2 heterocycles. The van der Waals surface area contributed by atoms with Crippen LogP contribution in [0, 0.1) is 0 Å². The van der Waals surface area contributed by atoms with Crippen LogP contribution in [0.5, 0.6) is 11.5 Å². The molecule has 1 fully saturated rings. The van der Waals surface area contributed by atoms with Crippen molar-refractivity contribution in [2.75, 3.05) is 33.0 Å². The van der Waals surface area contributed by atoms with Crippen molar-refractivity contribution >= 4 is 16.7 Å². The van der Waals surface area contributed by atoms with Gasteiger partial charge in [0, 0.05) is 24.5 Å². The molecule has 0 aliphatic carbocycles. The maximum absolute atomic E-state index is 6.21. The fourth-order valence-electron chi connectivity index (χ4n) is 3.82. The zero-order chi connectivity index (χ0) is 20.9. The lowest BCUT2D eigenvalue weighted by Crippen LogP contribution is -2.37. The molecule has 1 aromatic heterocycles. The van der Waals surface area contributed by atoms with E-state index < -0.39 is 0 Å². The highest BCUT2D eigenvalue weighted by Gasteiger charge is 2.21. The predicted octanol–water partition coefficient (Wildman–Crippen LogP) is 3.41. The Labute approximate surface area is 176 Å². The molecular formula is C23H28N4O3. The van der Waals surface area contributed by atoms with Crippen molar-refractivity contribution in [3.63, 3.8) is 0 Å². The Balaban J connectivity index is 1.37. The van der Waals surface area contributed by atoms with Crippen molar-refractivity contribution in [1.82, 2.24) is 14.9 Å². The van der Waals surface area contributed by atoms with Gasteiger partial charge in [-0.25, -0.2) is 9.97 Å². The summed E-state index contributed by atoms with van der Waals surface area (Å²) < 4.78 is 16.8. The third kappa shape index (κ3) is 4.63. The lowest BCUT2D eigenvalue weighted by Gasteiger charge is -2.31. The molecule has 0 spiro atoms. The minimum absolute atomic E-state index is 0.292. The first-order chi connectivity index (χ1) is 14.7. The highest BCUT2D eigenvalue weighted by Crippen LogP contribution is 2.33. The number of hydrogen-bond acceptors (Lipinski definition) is 7. The second-order valence-corrected chi connectivity index (χ2v) is 7.52. The number of aromatic nitrogens is 2. The van der Waals surface area contributed by atoms with Crippen LogP contribution in [-0.2, 0) is 17.9 Å². The molecule has 0 bridgehead atoms. The third-order valence-corrected chi connectivity index (χ3v) is 5.51. The molecule has 0 unspecified atom stereocenters.